The van der Waals surface area contributed by atoms with Crippen LogP contribution in [0.4, 0.5) is 0 Å². The summed E-state index contributed by atoms with van der Waals surface area (Å²) < 4.78 is 5.73. The third-order valence-corrected chi connectivity index (χ3v) is 3.89. The second-order valence-corrected chi connectivity index (χ2v) is 5.89. The largest absolute Gasteiger partial charge is 0.487 e. The SMILES string of the molecule is CCC(C)(C)c1ccc(OCc2cccc(Cl)n2)cc1. The smallest absolute Gasteiger partial charge is 0.130 e. The van der Waals surface area contributed by atoms with Crippen LogP contribution in [0.25, 0.3) is 0 Å². The zero-order valence-corrected chi connectivity index (χ0v) is 12.9. The molecule has 0 saturated heterocycles. The molecular weight excluding hydrogens is 270 g/mol. The molecule has 2 nitrogen and oxygen atoms in total. The Morgan fingerprint density at radius 2 is 1.80 bits per heavy atom. The van der Waals surface area contributed by atoms with Crippen LogP contribution >= 0.6 is 11.6 Å². The van der Waals surface area contributed by atoms with E-state index >= 15 is 0 Å². The van der Waals surface area contributed by atoms with Gasteiger partial charge in [-0.15, -0.1) is 0 Å². The van der Waals surface area contributed by atoms with Gasteiger partial charge in [0.25, 0.3) is 0 Å². The van der Waals surface area contributed by atoms with Gasteiger partial charge >= 0.3 is 0 Å². The summed E-state index contributed by atoms with van der Waals surface area (Å²) in [5, 5.41) is 0.492. The summed E-state index contributed by atoms with van der Waals surface area (Å²) in [6.07, 6.45) is 1.11. The highest BCUT2D eigenvalue weighted by atomic mass is 35.5. The summed E-state index contributed by atoms with van der Waals surface area (Å²) in [7, 11) is 0. The van der Waals surface area contributed by atoms with Crippen LogP contribution in [0.5, 0.6) is 5.75 Å². The van der Waals surface area contributed by atoms with Gasteiger partial charge in [-0.3, -0.25) is 0 Å². The molecule has 3 heteroatoms. The van der Waals surface area contributed by atoms with E-state index in [0.717, 1.165) is 17.9 Å². The highest BCUT2D eigenvalue weighted by molar-refractivity contribution is 6.29. The third kappa shape index (κ3) is 3.73. The number of rotatable bonds is 5. The maximum Gasteiger partial charge on any atom is 0.130 e. The Labute approximate surface area is 125 Å². The van der Waals surface area contributed by atoms with Crippen LogP contribution < -0.4 is 4.74 Å². The van der Waals surface area contributed by atoms with Gasteiger partial charge in [0.05, 0.1) is 5.69 Å². The molecule has 2 aromatic rings. The number of ether oxygens (including phenoxy) is 1. The van der Waals surface area contributed by atoms with Gasteiger partial charge in [0.2, 0.25) is 0 Å². The maximum absolute atomic E-state index is 5.85. The van der Waals surface area contributed by atoms with E-state index in [9.17, 15) is 0 Å². The lowest BCUT2D eigenvalue weighted by Gasteiger charge is -2.23. The lowest BCUT2D eigenvalue weighted by atomic mass is 9.82. The van der Waals surface area contributed by atoms with Gasteiger partial charge in [0.1, 0.15) is 17.5 Å². The summed E-state index contributed by atoms with van der Waals surface area (Å²) >= 11 is 5.85. The average Bonchev–Trinajstić information content (AvgIpc) is 2.46. The number of halogens is 1. The van der Waals surface area contributed by atoms with Crippen molar-refractivity contribution in [1.82, 2.24) is 4.98 Å². The van der Waals surface area contributed by atoms with Crippen LogP contribution in [0.1, 0.15) is 38.4 Å². The molecule has 1 aromatic heterocycles. The molecule has 20 heavy (non-hydrogen) atoms. The zero-order chi connectivity index (χ0) is 14.6. The highest BCUT2D eigenvalue weighted by Crippen LogP contribution is 2.28. The van der Waals surface area contributed by atoms with Crippen molar-refractivity contribution < 1.29 is 4.74 Å². The summed E-state index contributed by atoms with van der Waals surface area (Å²) in [6.45, 7) is 7.13. The van der Waals surface area contributed by atoms with Crippen LogP contribution in [-0.4, -0.2) is 4.98 Å². The van der Waals surface area contributed by atoms with Crippen molar-refractivity contribution in [2.45, 2.75) is 39.2 Å². The Morgan fingerprint density at radius 1 is 1.10 bits per heavy atom. The van der Waals surface area contributed by atoms with Crippen molar-refractivity contribution >= 4 is 11.6 Å². The van der Waals surface area contributed by atoms with Gasteiger partial charge in [0, 0.05) is 0 Å². The van der Waals surface area contributed by atoms with Crippen LogP contribution in [0.3, 0.4) is 0 Å². The van der Waals surface area contributed by atoms with E-state index < -0.39 is 0 Å². The Balaban J connectivity index is 2.01. The first-order valence-electron chi connectivity index (χ1n) is 6.86. The van der Waals surface area contributed by atoms with Crippen LogP contribution in [0.2, 0.25) is 5.15 Å². The molecule has 1 heterocycles. The predicted octanol–water partition coefficient (Wildman–Crippen LogP) is 5.00. The molecule has 0 spiro atoms. The van der Waals surface area contributed by atoms with Crippen LogP contribution in [0.15, 0.2) is 42.5 Å². The minimum atomic E-state index is 0.201. The van der Waals surface area contributed by atoms with Crippen molar-refractivity contribution in [3.05, 3.63) is 58.9 Å². The van der Waals surface area contributed by atoms with Crippen molar-refractivity contribution in [3.63, 3.8) is 0 Å². The molecule has 2 rings (SSSR count). The van der Waals surface area contributed by atoms with E-state index in [1.165, 1.54) is 5.56 Å². The second kappa shape index (κ2) is 6.27. The fourth-order valence-electron chi connectivity index (χ4n) is 1.89. The Bertz CT molecular complexity index is 563. The molecule has 0 saturated carbocycles. The van der Waals surface area contributed by atoms with E-state index in [-0.39, 0.29) is 5.41 Å². The first kappa shape index (κ1) is 14.9. The summed E-state index contributed by atoms with van der Waals surface area (Å²) in [5.74, 6) is 0.849. The topological polar surface area (TPSA) is 22.1 Å². The molecule has 0 radical (unpaired) electrons. The first-order valence-corrected chi connectivity index (χ1v) is 7.24. The molecule has 0 aliphatic heterocycles. The van der Waals surface area contributed by atoms with Crippen molar-refractivity contribution in [2.24, 2.45) is 0 Å². The number of benzene rings is 1. The van der Waals surface area contributed by atoms with Gasteiger partial charge in [-0.1, -0.05) is 50.6 Å². The Hall–Kier alpha value is -1.54. The van der Waals surface area contributed by atoms with Gasteiger partial charge in [-0.25, -0.2) is 4.98 Å². The highest BCUT2D eigenvalue weighted by Gasteiger charge is 2.17. The molecule has 0 fully saturated rings. The molecule has 106 valence electrons. The Morgan fingerprint density at radius 3 is 2.40 bits per heavy atom. The standard InChI is InChI=1S/C17H20ClNO/c1-4-17(2,3)13-8-10-15(11-9-13)20-12-14-6-5-7-16(18)19-14/h5-11H,4,12H2,1-3H3. The van der Waals surface area contributed by atoms with Gasteiger partial charge < -0.3 is 4.74 Å². The lowest BCUT2D eigenvalue weighted by molar-refractivity contribution is 0.301. The minimum absolute atomic E-state index is 0.201. The molecule has 0 bridgehead atoms. The third-order valence-electron chi connectivity index (χ3n) is 3.68. The normalized spacial score (nSPS) is 11.4. The molecule has 0 aliphatic carbocycles. The lowest BCUT2D eigenvalue weighted by Crippen LogP contribution is -2.15. The van der Waals surface area contributed by atoms with Gasteiger partial charge in [-0.2, -0.15) is 0 Å². The van der Waals surface area contributed by atoms with E-state index in [4.69, 9.17) is 16.3 Å². The number of pyridine rings is 1. The van der Waals surface area contributed by atoms with Gasteiger partial charge in [0.15, 0.2) is 0 Å². The van der Waals surface area contributed by atoms with Crippen LogP contribution in [0, 0.1) is 0 Å². The number of aromatic nitrogens is 1. The summed E-state index contributed by atoms with van der Waals surface area (Å²) in [5.41, 5.74) is 2.36. The number of hydrogen-bond acceptors (Lipinski definition) is 2. The van der Waals surface area contributed by atoms with Gasteiger partial charge in [-0.05, 0) is 41.7 Å². The predicted molar refractivity (Wildman–Crippen MR) is 83.3 cm³/mol. The molecule has 0 unspecified atom stereocenters. The molecule has 0 amide bonds. The number of hydrogen-bond donors (Lipinski definition) is 0. The molecule has 0 aliphatic rings. The Kier molecular flexibility index (Phi) is 4.66. The second-order valence-electron chi connectivity index (χ2n) is 5.50. The summed E-state index contributed by atoms with van der Waals surface area (Å²) in [6, 6.07) is 13.8. The quantitative estimate of drug-likeness (QED) is 0.723. The molecule has 0 atom stereocenters. The molecule has 0 N–H and O–H groups in total. The average molecular weight is 290 g/mol. The van der Waals surface area contributed by atoms with Crippen molar-refractivity contribution in [1.29, 1.82) is 0 Å². The monoisotopic (exact) mass is 289 g/mol. The van der Waals surface area contributed by atoms with E-state index in [0.29, 0.717) is 11.8 Å². The first-order chi connectivity index (χ1) is 9.51. The fourth-order valence-corrected chi connectivity index (χ4v) is 2.08. The fraction of sp³-hybridized carbons (Fsp3) is 0.353. The molecule has 1 aromatic carbocycles. The van der Waals surface area contributed by atoms with E-state index in [2.05, 4.69) is 37.9 Å². The summed E-state index contributed by atoms with van der Waals surface area (Å²) in [4.78, 5) is 4.20. The van der Waals surface area contributed by atoms with E-state index in [1.54, 1.807) is 6.07 Å². The number of nitrogens with zero attached hydrogens (tertiary/aromatic N) is 1. The van der Waals surface area contributed by atoms with Crippen LogP contribution in [-0.2, 0) is 12.0 Å². The molecular formula is C17H20ClNO. The van der Waals surface area contributed by atoms with Crippen molar-refractivity contribution in [2.75, 3.05) is 0 Å². The maximum atomic E-state index is 5.85. The zero-order valence-electron chi connectivity index (χ0n) is 12.2. The van der Waals surface area contributed by atoms with E-state index in [1.807, 2.05) is 24.3 Å². The van der Waals surface area contributed by atoms with Crippen molar-refractivity contribution in [3.8, 4) is 5.75 Å². The minimum Gasteiger partial charge on any atom is -0.487 e.